The van der Waals surface area contributed by atoms with Crippen LogP contribution in [0.25, 0.3) is 0 Å². The second kappa shape index (κ2) is 10.8. The number of hydrogen-bond acceptors (Lipinski definition) is 3. The predicted molar refractivity (Wildman–Crippen MR) is 109 cm³/mol. The molecule has 28 heavy (non-hydrogen) atoms. The largest absolute Gasteiger partial charge is 0.508 e. The molecule has 0 fully saturated rings. The molecule has 2 aromatic carbocycles. The summed E-state index contributed by atoms with van der Waals surface area (Å²) < 4.78 is 13.4. The van der Waals surface area contributed by atoms with Crippen LogP contribution in [0.1, 0.15) is 50.6 Å². The maximum Gasteiger partial charge on any atom is 0.242 e. The molecule has 0 spiro atoms. The van der Waals surface area contributed by atoms with Gasteiger partial charge in [-0.05, 0) is 48.4 Å². The summed E-state index contributed by atoms with van der Waals surface area (Å²) in [4.78, 5) is 27.1. The van der Waals surface area contributed by atoms with Gasteiger partial charge >= 0.3 is 0 Å². The number of amides is 1. The van der Waals surface area contributed by atoms with E-state index in [0.29, 0.717) is 17.7 Å². The second-order valence-corrected chi connectivity index (χ2v) is 6.91. The smallest absolute Gasteiger partial charge is 0.242 e. The SMILES string of the molecule is CCCCCCC(=O)C(c1ccc(O)cc1)N(C(=O)CCl)c1ccc(F)cc1. The summed E-state index contributed by atoms with van der Waals surface area (Å²) >= 11 is 5.82. The first-order valence-corrected chi connectivity index (χ1v) is 9.96. The van der Waals surface area contributed by atoms with Crippen LogP contribution in [0.2, 0.25) is 0 Å². The summed E-state index contributed by atoms with van der Waals surface area (Å²) in [5, 5.41) is 9.59. The van der Waals surface area contributed by atoms with Crippen LogP contribution in [-0.2, 0) is 9.59 Å². The Morgan fingerprint density at radius 1 is 1.04 bits per heavy atom. The molecule has 1 N–H and O–H groups in total. The first kappa shape index (κ1) is 21.9. The van der Waals surface area contributed by atoms with Crippen LogP contribution in [0.4, 0.5) is 10.1 Å². The van der Waals surface area contributed by atoms with Gasteiger partial charge in [0.1, 0.15) is 23.5 Å². The van der Waals surface area contributed by atoms with E-state index in [-0.39, 0.29) is 17.4 Å². The van der Waals surface area contributed by atoms with E-state index in [2.05, 4.69) is 6.92 Å². The molecule has 0 bridgehead atoms. The Morgan fingerprint density at radius 2 is 1.68 bits per heavy atom. The molecular formula is C22H25ClFNO3. The maximum absolute atomic E-state index is 13.4. The molecule has 0 saturated heterocycles. The lowest BCUT2D eigenvalue weighted by molar-refractivity contribution is -0.124. The lowest BCUT2D eigenvalue weighted by Gasteiger charge is -2.31. The highest BCUT2D eigenvalue weighted by Gasteiger charge is 2.31. The third-order valence-corrected chi connectivity index (χ3v) is 4.77. The standard InChI is InChI=1S/C22H25ClFNO3/c1-2-3-4-5-6-20(27)22(16-7-13-19(26)14-8-16)25(21(28)15-23)18-11-9-17(24)10-12-18/h7-14,22,26H,2-6,15H2,1H3. The van der Waals surface area contributed by atoms with E-state index in [1.807, 2.05) is 0 Å². The van der Waals surface area contributed by atoms with E-state index in [1.165, 1.54) is 41.3 Å². The van der Waals surface area contributed by atoms with Crippen molar-refractivity contribution in [2.45, 2.75) is 45.1 Å². The molecule has 0 aliphatic carbocycles. The van der Waals surface area contributed by atoms with Crippen LogP contribution < -0.4 is 4.90 Å². The number of anilines is 1. The second-order valence-electron chi connectivity index (χ2n) is 6.64. The monoisotopic (exact) mass is 405 g/mol. The zero-order valence-electron chi connectivity index (χ0n) is 15.9. The van der Waals surface area contributed by atoms with Crippen molar-refractivity contribution < 1.29 is 19.1 Å². The van der Waals surface area contributed by atoms with Crippen LogP contribution in [-0.4, -0.2) is 22.7 Å². The van der Waals surface area contributed by atoms with E-state index in [0.717, 1.165) is 25.7 Å². The Morgan fingerprint density at radius 3 is 2.25 bits per heavy atom. The highest BCUT2D eigenvalue weighted by molar-refractivity contribution is 6.29. The third-order valence-electron chi connectivity index (χ3n) is 4.54. The third kappa shape index (κ3) is 5.80. The molecule has 0 saturated carbocycles. The summed E-state index contributed by atoms with van der Waals surface area (Å²) in [7, 11) is 0. The van der Waals surface area contributed by atoms with Gasteiger partial charge in [-0.3, -0.25) is 14.5 Å². The van der Waals surface area contributed by atoms with Crippen molar-refractivity contribution in [2.24, 2.45) is 0 Å². The predicted octanol–water partition coefficient (Wildman–Crippen LogP) is 5.38. The highest BCUT2D eigenvalue weighted by Crippen LogP contribution is 2.31. The number of halogens is 2. The lowest BCUT2D eigenvalue weighted by Crippen LogP contribution is -2.40. The minimum absolute atomic E-state index is 0.0647. The fourth-order valence-electron chi connectivity index (χ4n) is 3.10. The van der Waals surface area contributed by atoms with Crippen molar-refractivity contribution in [1.82, 2.24) is 0 Å². The maximum atomic E-state index is 13.4. The van der Waals surface area contributed by atoms with E-state index in [1.54, 1.807) is 12.1 Å². The molecule has 6 heteroatoms. The molecule has 1 amide bonds. The van der Waals surface area contributed by atoms with Gasteiger partial charge in [-0.2, -0.15) is 0 Å². The number of benzene rings is 2. The zero-order chi connectivity index (χ0) is 20.5. The molecular weight excluding hydrogens is 381 g/mol. The zero-order valence-corrected chi connectivity index (χ0v) is 16.7. The number of nitrogens with zero attached hydrogens (tertiary/aromatic N) is 1. The van der Waals surface area contributed by atoms with Crippen molar-refractivity contribution in [3.8, 4) is 5.75 Å². The number of phenolic OH excluding ortho intramolecular Hbond substituents is 1. The summed E-state index contributed by atoms with van der Waals surface area (Å²) in [5.74, 6) is -1.25. The van der Waals surface area contributed by atoms with Crippen molar-refractivity contribution in [1.29, 1.82) is 0 Å². The summed E-state index contributed by atoms with van der Waals surface area (Å²) in [6.07, 6.45) is 4.08. The number of hydrogen-bond donors (Lipinski definition) is 1. The van der Waals surface area contributed by atoms with Gasteiger partial charge in [0.2, 0.25) is 5.91 Å². The molecule has 0 heterocycles. The lowest BCUT2D eigenvalue weighted by atomic mass is 9.96. The minimum atomic E-state index is -0.890. The molecule has 150 valence electrons. The summed E-state index contributed by atoms with van der Waals surface area (Å²) in [6, 6.07) is 10.7. The normalized spacial score (nSPS) is 11.8. The highest BCUT2D eigenvalue weighted by atomic mass is 35.5. The molecule has 0 radical (unpaired) electrons. The Kier molecular flexibility index (Phi) is 8.45. The Hall–Kier alpha value is -2.40. The van der Waals surface area contributed by atoms with E-state index < -0.39 is 17.8 Å². The van der Waals surface area contributed by atoms with Gasteiger partial charge in [0.05, 0.1) is 0 Å². The fourth-order valence-corrected chi connectivity index (χ4v) is 3.23. The van der Waals surface area contributed by atoms with E-state index >= 15 is 0 Å². The van der Waals surface area contributed by atoms with E-state index in [9.17, 15) is 19.1 Å². The van der Waals surface area contributed by atoms with Crippen LogP contribution in [0, 0.1) is 5.82 Å². The molecule has 2 aromatic rings. The number of unbranched alkanes of at least 4 members (excludes halogenated alkanes) is 3. The molecule has 2 rings (SSSR count). The van der Waals surface area contributed by atoms with Gasteiger partial charge in [-0.25, -0.2) is 4.39 Å². The minimum Gasteiger partial charge on any atom is -0.508 e. The Labute approximate surface area is 169 Å². The fraction of sp³-hybridized carbons (Fsp3) is 0.364. The first-order chi connectivity index (χ1) is 13.5. The average molecular weight is 406 g/mol. The van der Waals surface area contributed by atoms with E-state index in [4.69, 9.17) is 11.6 Å². The van der Waals surface area contributed by atoms with Gasteiger partial charge in [0.15, 0.2) is 5.78 Å². The summed E-state index contributed by atoms with van der Waals surface area (Å²) in [5.41, 5.74) is 0.966. The first-order valence-electron chi connectivity index (χ1n) is 9.43. The molecule has 1 atom stereocenters. The Bertz CT molecular complexity index is 777. The van der Waals surface area contributed by atoms with Crippen LogP contribution >= 0.6 is 11.6 Å². The van der Waals surface area contributed by atoms with Crippen molar-refractivity contribution >= 4 is 29.0 Å². The van der Waals surface area contributed by atoms with Gasteiger partial charge in [-0.15, -0.1) is 11.6 Å². The van der Waals surface area contributed by atoms with Crippen LogP contribution in [0.3, 0.4) is 0 Å². The topological polar surface area (TPSA) is 57.6 Å². The number of alkyl halides is 1. The number of phenols is 1. The molecule has 1 unspecified atom stereocenters. The molecule has 4 nitrogen and oxygen atoms in total. The number of aromatic hydroxyl groups is 1. The van der Waals surface area contributed by atoms with Gasteiger partial charge < -0.3 is 5.11 Å². The number of Topliss-reactive ketones (excluding diaryl/α,β-unsaturated/α-hetero) is 1. The average Bonchev–Trinajstić information content (AvgIpc) is 2.70. The van der Waals surface area contributed by atoms with Crippen molar-refractivity contribution in [3.05, 3.63) is 59.9 Å². The van der Waals surface area contributed by atoms with Gasteiger partial charge in [0, 0.05) is 12.1 Å². The molecule has 0 aromatic heterocycles. The number of ketones is 1. The number of rotatable bonds is 10. The quantitative estimate of drug-likeness (QED) is 0.426. The molecule has 0 aliphatic rings. The Balaban J connectivity index is 2.42. The summed E-state index contributed by atoms with van der Waals surface area (Å²) in [6.45, 7) is 2.09. The number of carbonyl (C=O) groups excluding carboxylic acids is 2. The van der Waals surface area contributed by atoms with Crippen molar-refractivity contribution in [3.63, 3.8) is 0 Å². The number of carbonyl (C=O) groups is 2. The van der Waals surface area contributed by atoms with Crippen LogP contribution in [0.5, 0.6) is 5.75 Å². The van der Waals surface area contributed by atoms with Crippen LogP contribution in [0.15, 0.2) is 48.5 Å². The molecule has 0 aliphatic heterocycles. The van der Waals surface area contributed by atoms with Gasteiger partial charge in [-0.1, -0.05) is 38.3 Å². The van der Waals surface area contributed by atoms with Gasteiger partial charge in [0.25, 0.3) is 0 Å². The van der Waals surface area contributed by atoms with Crippen molar-refractivity contribution in [2.75, 3.05) is 10.8 Å².